The Kier molecular flexibility index (Phi) is 5.04. The van der Waals surface area contributed by atoms with E-state index in [4.69, 9.17) is 9.47 Å². The van der Waals surface area contributed by atoms with Crippen molar-refractivity contribution < 1.29 is 19.4 Å². The van der Waals surface area contributed by atoms with Gasteiger partial charge in [-0.2, -0.15) is 0 Å². The van der Waals surface area contributed by atoms with Gasteiger partial charge < -0.3 is 14.6 Å². The molecule has 0 aliphatic heterocycles. The molecule has 0 aliphatic carbocycles. The first kappa shape index (κ1) is 15.9. The maximum atomic E-state index is 11.4. The standard InChI is InChI=1S/C18H20O4/c1-4-9-22-15-8-6-5-7-14(15)16-13(11-19)10-12(2)18(21-3)17(16)20/h5-8,10-11,20H,4,9H2,1-3H3. The van der Waals surface area contributed by atoms with E-state index < -0.39 is 0 Å². The number of hydrogen-bond donors (Lipinski definition) is 1. The highest BCUT2D eigenvalue weighted by atomic mass is 16.5. The Bertz CT molecular complexity index is 677. The average Bonchev–Trinajstić information content (AvgIpc) is 2.53. The van der Waals surface area contributed by atoms with Crippen molar-refractivity contribution in [2.24, 2.45) is 0 Å². The van der Waals surface area contributed by atoms with Crippen LogP contribution in [0.1, 0.15) is 29.3 Å². The minimum Gasteiger partial charge on any atom is -0.504 e. The maximum absolute atomic E-state index is 11.4. The molecule has 0 aliphatic rings. The molecule has 0 bridgehead atoms. The summed E-state index contributed by atoms with van der Waals surface area (Å²) in [6.07, 6.45) is 1.61. The summed E-state index contributed by atoms with van der Waals surface area (Å²) >= 11 is 0. The van der Waals surface area contributed by atoms with Crippen molar-refractivity contribution in [1.29, 1.82) is 0 Å². The fraction of sp³-hybridized carbons (Fsp3) is 0.278. The summed E-state index contributed by atoms with van der Waals surface area (Å²) in [5, 5.41) is 10.5. The van der Waals surface area contributed by atoms with Crippen LogP contribution in [0, 0.1) is 6.92 Å². The summed E-state index contributed by atoms with van der Waals surface area (Å²) in [5.74, 6) is 0.955. The molecule has 1 N–H and O–H groups in total. The molecular formula is C18H20O4. The number of methoxy groups -OCH3 is 1. The smallest absolute Gasteiger partial charge is 0.166 e. The van der Waals surface area contributed by atoms with Crippen LogP contribution in [0.25, 0.3) is 11.1 Å². The SMILES string of the molecule is CCCOc1ccccc1-c1c(C=O)cc(C)c(OC)c1O. The van der Waals surface area contributed by atoms with Crippen molar-refractivity contribution >= 4 is 6.29 Å². The van der Waals surface area contributed by atoms with Gasteiger partial charge in [0.1, 0.15) is 5.75 Å². The molecule has 4 nitrogen and oxygen atoms in total. The predicted molar refractivity (Wildman–Crippen MR) is 86.0 cm³/mol. The molecule has 0 amide bonds. The van der Waals surface area contributed by atoms with Gasteiger partial charge in [0.05, 0.1) is 13.7 Å². The molecule has 2 aromatic rings. The number of hydrogen-bond acceptors (Lipinski definition) is 4. The molecule has 0 saturated heterocycles. The lowest BCUT2D eigenvalue weighted by atomic mass is 9.95. The van der Waals surface area contributed by atoms with Gasteiger partial charge in [-0.25, -0.2) is 0 Å². The Balaban J connectivity index is 2.69. The van der Waals surface area contributed by atoms with Crippen LogP contribution < -0.4 is 9.47 Å². The van der Waals surface area contributed by atoms with E-state index in [1.807, 2.05) is 31.2 Å². The molecule has 4 heteroatoms. The van der Waals surface area contributed by atoms with Crippen LogP contribution in [-0.4, -0.2) is 25.1 Å². The summed E-state index contributed by atoms with van der Waals surface area (Å²) in [6.45, 7) is 4.37. The summed E-state index contributed by atoms with van der Waals surface area (Å²) in [7, 11) is 1.49. The van der Waals surface area contributed by atoms with E-state index in [2.05, 4.69) is 0 Å². The maximum Gasteiger partial charge on any atom is 0.166 e. The molecule has 0 heterocycles. The summed E-state index contributed by atoms with van der Waals surface area (Å²) in [5.41, 5.74) is 2.22. The molecule has 2 aromatic carbocycles. The number of para-hydroxylation sites is 1. The molecule has 0 radical (unpaired) electrons. The lowest BCUT2D eigenvalue weighted by Gasteiger charge is -2.17. The Morgan fingerprint density at radius 1 is 1.27 bits per heavy atom. The van der Waals surface area contributed by atoms with Gasteiger partial charge in [-0.05, 0) is 31.0 Å². The van der Waals surface area contributed by atoms with E-state index in [0.29, 0.717) is 40.4 Å². The van der Waals surface area contributed by atoms with Gasteiger partial charge in [-0.3, -0.25) is 4.79 Å². The third kappa shape index (κ3) is 2.91. The fourth-order valence-corrected chi connectivity index (χ4v) is 2.45. The van der Waals surface area contributed by atoms with Crippen molar-refractivity contribution in [2.45, 2.75) is 20.3 Å². The third-order valence-corrected chi connectivity index (χ3v) is 3.42. The van der Waals surface area contributed by atoms with E-state index in [9.17, 15) is 9.90 Å². The fourth-order valence-electron chi connectivity index (χ4n) is 2.45. The van der Waals surface area contributed by atoms with Crippen LogP contribution in [-0.2, 0) is 0 Å². The van der Waals surface area contributed by atoms with E-state index in [1.54, 1.807) is 13.0 Å². The quantitative estimate of drug-likeness (QED) is 0.820. The summed E-state index contributed by atoms with van der Waals surface area (Å²) in [4.78, 5) is 11.4. The van der Waals surface area contributed by atoms with E-state index in [0.717, 1.165) is 12.7 Å². The number of aldehydes is 1. The Hall–Kier alpha value is -2.49. The van der Waals surface area contributed by atoms with Gasteiger partial charge >= 0.3 is 0 Å². The van der Waals surface area contributed by atoms with E-state index >= 15 is 0 Å². The van der Waals surface area contributed by atoms with Gasteiger partial charge in [0.25, 0.3) is 0 Å². The van der Waals surface area contributed by atoms with Gasteiger partial charge in [0.15, 0.2) is 17.8 Å². The number of aromatic hydroxyl groups is 1. The van der Waals surface area contributed by atoms with Crippen LogP contribution >= 0.6 is 0 Å². The number of phenolic OH excluding ortho intramolecular Hbond substituents is 1. The number of ether oxygens (including phenoxy) is 2. The predicted octanol–water partition coefficient (Wildman–Crippen LogP) is 3.98. The van der Waals surface area contributed by atoms with Crippen molar-refractivity contribution in [3.05, 3.63) is 41.5 Å². The number of rotatable bonds is 6. The average molecular weight is 300 g/mol. The lowest BCUT2D eigenvalue weighted by molar-refractivity contribution is 0.112. The highest BCUT2D eigenvalue weighted by Gasteiger charge is 2.20. The Morgan fingerprint density at radius 3 is 2.64 bits per heavy atom. The number of phenols is 1. The van der Waals surface area contributed by atoms with Gasteiger partial charge in [-0.15, -0.1) is 0 Å². The minimum atomic E-state index is -0.0443. The van der Waals surface area contributed by atoms with Crippen molar-refractivity contribution in [3.63, 3.8) is 0 Å². The van der Waals surface area contributed by atoms with E-state index in [1.165, 1.54) is 7.11 Å². The second kappa shape index (κ2) is 6.98. The molecule has 0 fully saturated rings. The number of aryl methyl sites for hydroxylation is 1. The molecule has 0 saturated carbocycles. The molecule has 2 rings (SSSR count). The Morgan fingerprint density at radius 2 is 2.00 bits per heavy atom. The van der Waals surface area contributed by atoms with Crippen molar-refractivity contribution in [2.75, 3.05) is 13.7 Å². The second-order valence-corrected chi connectivity index (χ2v) is 5.00. The first-order valence-corrected chi connectivity index (χ1v) is 7.21. The van der Waals surface area contributed by atoms with Crippen LogP contribution in [0.5, 0.6) is 17.2 Å². The van der Waals surface area contributed by atoms with Crippen LogP contribution in [0.15, 0.2) is 30.3 Å². The van der Waals surface area contributed by atoms with Gasteiger partial charge in [-0.1, -0.05) is 25.1 Å². The molecule has 22 heavy (non-hydrogen) atoms. The van der Waals surface area contributed by atoms with Gasteiger partial charge in [0.2, 0.25) is 0 Å². The largest absolute Gasteiger partial charge is 0.504 e. The van der Waals surface area contributed by atoms with Crippen molar-refractivity contribution in [1.82, 2.24) is 0 Å². The molecule has 0 aromatic heterocycles. The highest BCUT2D eigenvalue weighted by molar-refractivity contribution is 5.94. The van der Waals surface area contributed by atoms with Crippen molar-refractivity contribution in [3.8, 4) is 28.4 Å². The number of carbonyl (C=O) groups excluding carboxylic acids is 1. The Labute approximate surface area is 130 Å². The lowest BCUT2D eigenvalue weighted by Crippen LogP contribution is -2.00. The molecule has 116 valence electrons. The van der Waals surface area contributed by atoms with E-state index in [-0.39, 0.29) is 5.75 Å². The number of benzene rings is 2. The normalized spacial score (nSPS) is 10.3. The van der Waals surface area contributed by atoms with Gasteiger partial charge in [0, 0.05) is 16.7 Å². The van der Waals surface area contributed by atoms with Crippen LogP contribution in [0.4, 0.5) is 0 Å². The highest BCUT2D eigenvalue weighted by Crippen LogP contribution is 2.44. The molecule has 0 spiro atoms. The van der Waals surface area contributed by atoms with Crippen LogP contribution in [0.2, 0.25) is 0 Å². The minimum absolute atomic E-state index is 0.0443. The summed E-state index contributed by atoms with van der Waals surface area (Å²) in [6, 6.07) is 9.05. The zero-order chi connectivity index (χ0) is 16.1. The molecule has 0 atom stereocenters. The van der Waals surface area contributed by atoms with Crippen LogP contribution in [0.3, 0.4) is 0 Å². The third-order valence-electron chi connectivity index (χ3n) is 3.42. The zero-order valence-electron chi connectivity index (χ0n) is 13.1. The molecular weight excluding hydrogens is 280 g/mol. The number of carbonyl (C=O) groups is 1. The second-order valence-electron chi connectivity index (χ2n) is 5.00. The first-order valence-electron chi connectivity index (χ1n) is 7.21. The summed E-state index contributed by atoms with van der Waals surface area (Å²) < 4.78 is 11.0. The monoisotopic (exact) mass is 300 g/mol. The zero-order valence-corrected chi connectivity index (χ0v) is 13.1. The topological polar surface area (TPSA) is 55.8 Å². The molecule has 0 unspecified atom stereocenters. The first-order chi connectivity index (χ1) is 10.6.